The summed E-state index contributed by atoms with van der Waals surface area (Å²) in [5.41, 5.74) is 2.97. The molecule has 0 radical (unpaired) electrons. The lowest BCUT2D eigenvalue weighted by molar-refractivity contribution is -0.137. The van der Waals surface area contributed by atoms with Crippen LogP contribution in [0.1, 0.15) is 0 Å². The van der Waals surface area contributed by atoms with Crippen LogP contribution in [0.25, 0.3) is 0 Å². The summed E-state index contributed by atoms with van der Waals surface area (Å²) in [5.74, 6) is 0.168. The molecule has 0 aliphatic carbocycles. The Balaban J connectivity index is 2.20. The van der Waals surface area contributed by atoms with Gasteiger partial charge in [-0.3, -0.25) is 4.79 Å². The molecule has 0 saturated carbocycles. The van der Waals surface area contributed by atoms with Crippen LogP contribution >= 0.6 is 23.7 Å². The first-order valence-corrected chi connectivity index (χ1v) is 5.06. The Labute approximate surface area is 79.8 Å². The van der Waals surface area contributed by atoms with Crippen LogP contribution in [0.3, 0.4) is 0 Å². The predicted molar refractivity (Wildman–Crippen MR) is 51.0 cm³/mol. The van der Waals surface area contributed by atoms with Gasteiger partial charge in [-0.1, -0.05) is 0 Å². The molecule has 1 N–H and O–H groups in total. The van der Waals surface area contributed by atoms with E-state index in [0.717, 1.165) is 4.24 Å². The molecule has 12 heavy (non-hydrogen) atoms. The molecule has 0 aromatic rings. The Morgan fingerprint density at radius 1 is 1.92 bits per heavy atom. The first-order valence-electron chi connectivity index (χ1n) is 3.30. The Morgan fingerprint density at radius 2 is 2.67 bits per heavy atom. The SMILES string of the molecule is COC(=O)CSC1=CNN(C)S1. The van der Waals surface area contributed by atoms with Gasteiger partial charge in [0.1, 0.15) is 0 Å². The maximum atomic E-state index is 10.7. The summed E-state index contributed by atoms with van der Waals surface area (Å²) in [6, 6.07) is 0. The number of nitrogens with one attached hydrogen (secondary N) is 1. The molecule has 0 spiro atoms. The number of hydrazine groups is 1. The van der Waals surface area contributed by atoms with E-state index >= 15 is 0 Å². The second kappa shape index (κ2) is 4.64. The molecule has 0 atom stereocenters. The lowest BCUT2D eigenvalue weighted by atomic mass is 10.8. The van der Waals surface area contributed by atoms with Gasteiger partial charge in [0.2, 0.25) is 0 Å². The molecule has 6 heteroatoms. The van der Waals surface area contributed by atoms with Crippen molar-refractivity contribution in [2.24, 2.45) is 0 Å². The van der Waals surface area contributed by atoms with Crippen molar-refractivity contribution in [2.45, 2.75) is 0 Å². The van der Waals surface area contributed by atoms with Crippen molar-refractivity contribution in [3.05, 3.63) is 10.4 Å². The van der Waals surface area contributed by atoms with Crippen LogP contribution in [0.4, 0.5) is 0 Å². The molecule has 0 fully saturated rings. The minimum atomic E-state index is -0.198. The third-order valence-electron chi connectivity index (χ3n) is 1.15. The van der Waals surface area contributed by atoms with E-state index in [0.29, 0.717) is 5.75 Å². The molecular formula is C6H10N2O2S2. The van der Waals surface area contributed by atoms with Crippen LogP contribution in [0.2, 0.25) is 0 Å². The highest BCUT2D eigenvalue weighted by atomic mass is 32.2. The van der Waals surface area contributed by atoms with E-state index in [1.807, 2.05) is 17.7 Å². The van der Waals surface area contributed by atoms with Gasteiger partial charge in [-0.15, -0.1) is 11.8 Å². The number of rotatable bonds is 3. The van der Waals surface area contributed by atoms with Crippen LogP contribution in [-0.2, 0) is 9.53 Å². The number of nitrogens with zero attached hydrogens (tertiary/aromatic N) is 1. The number of carbonyl (C=O) groups is 1. The van der Waals surface area contributed by atoms with Gasteiger partial charge in [-0.2, -0.15) is 4.41 Å². The fraction of sp³-hybridized carbons (Fsp3) is 0.500. The number of esters is 1. The molecule has 68 valence electrons. The highest BCUT2D eigenvalue weighted by Crippen LogP contribution is 2.32. The monoisotopic (exact) mass is 206 g/mol. The van der Waals surface area contributed by atoms with Crippen LogP contribution in [0.5, 0.6) is 0 Å². The normalized spacial score (nSPS) is 17.0. The average Bonchev–Trinajstić information content (AvgIpc) is 2.47. The molecule has 0 bridgehead atoms. The number of hydrogen-bond donors (Lipinski definition) is 1. The van der Waals surface area contributed by atoms with E-state index in [4.69, 9.17) is 0 Å². The van der Waals surface area contributed by atoms with Gasteiger partial charge in [-0.25, -0.2) is 0 Å². The lowest BCUT2D eigenvalue weighted by Crippen LogP contribution is -2.16. The van der Waals surface area contributed by atoms with E-state index < -0.39 is 0 Å². The molecule has 1 rings (SSSR count). The molecule has 0 unspecified atom stereocenters. The summed E-state index contributed by atoms with van der Waals surface area (Å²) in [5, 5.41) is 0. The van der Waals surface area contributed by atoms with E-state index in [-0.39, 0.29) is 5.97 Å². The number of methoxy groups -OCH3 is 1. The highest BCUT2D eigenvalue weighted by Gasteiger charge is 2.12. The summed E-state index contributed by atoms with van der Waals surface area (Å²) < 4.78 is 7.44. The van der Waals surface area contributed by atoms with E-state index in [1.54, 1.807) is 11.9 Å². The van der Waals surface area contributed by atoms with Gasteiger partial charge >= 0.3 is 5.97 Å². The zero-order valence-corrected chi connectivity index (χ0v) is 8.50. The minimum Gasteiger partial charge on any atom is -0.468 e. The van der Waals surface area contributed by atoms with Gasteiger partial charge in [0.25, 0.3) is 0 Å². The molecular weight excluding hydrogens is 196 g/mol. The summed E-state index contributed by atoms with van der Waals surface area (Å²) >= 11 is 3.02. The fourth-order valence-corrected chi connectivity index (χ4v) is 2.31. The van der Waals surface area contributed by atoms with Gasteiger partial charge < -0.3 is 10.2 Å². The number of hydrogen-bond acceptors (Lipinski definition) is 6. The maximum Gasteiger partial charge on any atom is 0.316 e. The van der Waals surface area contributed by atoms with E-state index in [1.165, 1.54) is 18.9 Å². The largest absolute Gasteiger partial charge is 0.468 e. The Kier molecular flexibility index (Phi) is 3.77. The first kappa shape index (κ1) is 9.76. The summed E-state index contributed by atoms with van der Waals surface area (Å²) in [6.45, 7) is 0. The van der Waals surface area contributed by atoms with Crippen molar-refractivity contribution in [2.75, 3.05) is 19.9 Å². The molecule has 4 nitrogen and oxygen atoms in total. The molecule has 0 amide bonds. The van der Waals surface area contributed by atoms with Crippen LogP contribution in [0.15, 0.2) is 10.4 Å². The minimum absolute atomic E-state index is 0.198. The zero-order chi connectivity index (χ0) is 8.97. The molecule has 0 aromatic carbocycles. The Morgan fingerprint density at radius 3 is 3.17 bits per heavy atom. The van der Waals surface area contributed by atoms with Crippen molar-refractivity contribution in [3.63, 3.8) is 0 Å². The van der Waals surface area contributed by atoms with Crippen molar-refractivity contribution >= 4 is 29.7 Å². The van der Waals surface area contributed by atoms with E-state index in [9.17, 15) is 4.79 Å². The maximum absolute atomic E-state index is 10.7. The Bertz CT molecular complexity index is 208. The molecule has 0 saturated heterocycles. The number of ether oxygens (including phenoxy) is 1. The standard InChI is InChI=1S/C6H10N2O2S2/c1-8-7-3-6(12-8)11-4-5(9)10-2/h3,7H,4H2,1-2H3. The number of carbonyl (C=O) groups excluding carboxylic acids is 1. The van der Waals surface area contributed by atoms with Crippen LogP contribution in [0, 0.1) is 0 Å². The molecule has 0 aromatic heterocycles. The summed E-state index contributed by atoms with van der Waals surface area (Å²) in [7, 11) is 3.30. The van der Waals surface area contributed by atoms with Gasteiger partial charge in [-0.05, 0) is 11.9 Å². The summed E-state index contributed by atoms with van der Waals surface area (Å²) in [4.78, 5) is 10.7. The van der Waals surface area contributed by atoms with Gasteiger partial charge in [0.05, 0.1) is 17.1 Å². The third kappa shape index (κ3) is 2.96. The highest BCUT2D eigenvalue weighted by molar-refractivity contribution is 8.21. The van der Waals surface area contributed by atoms with Gasteiger partial charge in [0.15, 0.2) is 0 Å². The molecule has 1 heterocycles. The average molecular weight is 206 g/mol. The second-order valence-electron chi connectivity index (χ2n) is 2.05. The molecule has 1 aliphatic rings. The smallest absolute Gasteiger partial charge is 0.316 e. The van der Waals surface area contributed by atoms with Crippen LogP contribution < -0.4 is 5.43 Å². The zero-order valence-electron chi connectivity index (χ0n) is 6.86. The van der Waals surface area contributed by atoms with Crippen LogP contribution in [-0.4, -0.2) is 30.3 Å². The quantitative estimate of drug-likeness (QED) is 0.544. The predicted octanol–water partition coefficient (Wildman–Crippen LogP) is 0.790. The fourth-order valence-electron chi connectivity index (χ4n) is 0.588. The first-order chi connectivity index (χ1) is 5.72. The second-order valence-corrected chi connectivity index (χ2v) is 4.49. The van der Waals surface area contributed by atoms with Crippen molar-refractivity contribution in [3.8, 4) is 0 Å². The van der Waals surface area contributed by atoms with Crippen molar-refractivity contribution in [1.29, 1.82) is 0 Å². The lowest BCUT2D eigenvalue weighted by Gasteiger charge is -2.05. The van der Waals surface area contributed by atoms with E-state index in [2.05, 4.69) is 10.2 Å². The number of thioether (sulfide) groups is 1. The molecule has 1 aliphatic heterocycles. The Hall–Kier alpha value is -0.330. The topological polar surface area (TPSA) is 41.6 Å². The van der Waals surface area contributed by atoms with Gasteiger partial charge in [0, 0.05) is 13.2 Å². The van der Waals surface area contributed by atoms with Crippen molar-refractivity contribution < 1.29 is 9.53 Å². The van der Waals surface area contributed by atoms with Crippen molar-refractivity contribution in [1.82, 2.24) is 9.84 Å². The summed E-state index contributed by atoms with van der Waals surface area (Å²) in [6.07, 6.45) is 1.86. The third-order valence-corrected chi connectivity index (χ3v) is 3.19.